The number of carbonyl (C=O) groups is 1. The summed E-state index contributed by atoms with van der Waals surface area (Å²) in [7, 11) is 0. The van der Waals surface area contributed by atoms with Crippen LogP contribution in [-0.2, 0) is 4.79 Å². The van der Waals surface area contributed by atoms with Crippen molar-refractivity contribution < 1.29 is 9.18 Å². The first-order valence-corrected chi connectivity index (χ1v) is 10.3. The number of carbonyl (C=O) groups excluding carboxylic acids is 1. The van der Waals surface area contributed by atoms with Crippen molar-refractivity contribution in [2.45, 2.75) is 31.7 Å². The second kappa shape index (κ2) is 7.45. The van der Waals surface area contributed by atoms with Gasteiger partial charge in [-0.2, -0.15) is 0 Å². The van der Waals surface area contributed by atoms with Crippen LogP contribution in [0, 0.1) is 12.7 Å². The molecule has 5 rings (SSSR count). The van der Waals surface area contributed by atoms with Gasteiger partial charge in [0.15, 0.2) is 5.78 Å². The molecule has 2 N–H and O–H groups in total. The number of fused-ring (bicyclic) bond motifs is 1. The molecule has 0 saturated heterocycles. The van der Waals surface area contributed by atoms with Gasteiger partial charge in [-0.15, -0.1) is 0 Å². The number of nitrogens with one attached hydrogen (secondary N) is 2. The van der Waals surface area contributed by atoms with Crippen molar-refractivity contribution in [3.63, 3.8) is 0 Å². The summed E-state index contributed by atoms with van der Waals surface area (Å²) < 4.78 is 14.0. The lowest BCUT2D eigenvalue weighted by Gasteiger charge is -2.30. The van der Waals surface area contributed by atoms with Gasteiger partial charge in [0.1, 0.15) is 5.82 Å². The van der Waals surface area contributed by atoms with E-state index in [2.05, 4.69) is 41.8 Å². The zero-order chi connectivity index (χ0) is 20.7. The highest BCUT2D eigenvalue weighted by Gasteiger charge is 2.36. The third kappa shape index (κ3) is 3.39. The summed E-state index contributed by atoms with van der Waals surface area (Å²) in [6.45, 7) is 2.06. The Morgan fingerprint density at radius 1 is 0.867 bits per heavy atom. The van der Waals surface area contributed by atoms with Crippen molar-refractivity contribution in [1.82, 2.24) is 0 Å². The minimum Gasteiger partial charge on any atom is -0.372 e. The van der Waals surface area contributed by atoms with Crippen LogP contribution in [-0.4, -0.2) is 5.78 Å². The van der Waals surface area contributed by atoms with E-state index in [1.165, 1.54) is 23.3 Å². The van der Waals surface area contributed by atoms with Gasteiger partial charge in [0.05, 0.1) is 17.4 Å². The van der Waals surface area contributed by atoms with Crippen molar-refractivity contribution in [1.29, 1.82) is 0 Å². The second-order valence-electron chi connectivity index (χ2n) is 8.13. The van der Waals surface area contributed by atoms with Gasteiger partial charge in [-0.3, -0.25) is 4.79 Å². The fourth-order valence-corrected chi connectivity index (χ4v) is 4.50. The smallest absolute Gasteiger partial charge is 0.163 e. The monoisotopic (exact) mass is 398 g/mol. The molecule has 3 aromatic carbocycles. The van der Waals surface area contributed by atoms with E-state index >= 15 is 0 Å². The van der Waals surface area contributed by atoms with Crippen molar-refractivity contribution in [2.75, 3.05) is 10.6 Å². The van der Waals surface area contributed by atoms with E-state index in [1.807, 2.05) is 30.3 Å². The maximum absolute atomic E-state index is 14.0. The molecular formula is C26H23FN2O. The van der Waals surface area contributed by atoms with Gasteiger partial charge in [-0.1, -0.05) is 54.1 Å². The highest BCUT2D eigenvalue weighted by Crippen LogP contribution is 2.44. The molecule has 0 radical (unpaired) electrons. The van der Waals surface area contributed by atoms with Crippen molar-refractivity contribution >= 4 is 17.2 Å². The molecule has 2 unspecified atom stereocenters. The highest BCUT2D eigenvalue weighted by molar-refractivity contribution is 6.01. The van der Waals surface area contributed by atoms with E-state index < -0.39 is 6.04 Å². The van der Waals surface area contributed by atoms with Crippen LogP contribution in [0.2, 0.25) is 0 Å². The molecule has 150 valence electrons. The minimum absolute atomic E-state index is 0.101. The summed E-state index contributed by atoms with van der Waals surface area (Å²) in [5.74, 6) is -0.0746. The molecule has 0 amide bonds. The molecular weight excluding hydrogens is 375 g/mol. The topological polar surface area (TPSA) is 41.1 Å². The third-order valence-electron chi connectivity index (χ3n) is 6.04. The zero-order valence-corrected chi connectivity index (χ0v) is 16.8. The molecule has 0 saturated carbocycles. The summed E-state index contributed by atoms with van der Waals surface area (Å²) >= 11 is 0. The van der Waals surface area contributed by atoms with Gasteiger partial charge in [0.2, 0.25) is 0 Å². The highest BCUT2D eigenvalue weighted by atomic mass is 19.1. The SMILES string of the molecule is Cc1ccc(C2CC(=O)C3=C(C2)Nc2ccccc2NC3c2cccc(F)c2)cc1. The quantitative estimate of drug-likeness (QED) is 0.547. The minimum atomic E-state index is -0.390. The van der Waals surface area contributed by atoms with E-state index in [9.17, 15) is 9.18 Å². The number of hydrogen-bond donors (Lipinski definition) is 2. The van der Waals surface area contributed by atoms with Crippen molar-refractivity contribution in [3.8, 4) is 0 Å². The standard InChI is InChI=1S/C26H23FN2O/c1-16-9-11-17(12-10-16)19-14-23-25(24(30)15-19)26(18-5-4-6-20(27)13-18)29-22-8-3-2-7-21(22)28-23/h2-13,19,26,28-29H,14-15H2,1H3. The Morgan fingerprint density at radius 3 is 2.40 bits per heavy atom. The Labute approximate surface area is 175 Å². The van der Waals surface area contributed by atoms with Crippen LogP contribution < -0.4 is 10.6 Å². The molecule has 1 aliphatic carbocycles. The number of halogens is 1. The van der Waals surface area contributed by atoms with Crippen LogP contribution in [0.3, 0.4) is 0 Å². The van der Waals surface area contributed by atoms with Gasteiger partial charge < -0.3 is 10.6 Å². The average molecular weight is 398 g/mol. The normalized spacial score (nSPS) is 20.5. The largest absolute Gasteiger partial charge is 0.372 e. The number of aryl methyl sites for hydroxylation is 1. The maximum Gasteiger partial charge on any atom is 0.163 e. The van der Waals surface area contributed by atoms with Gasteiger partial charge in [0, 0.05) is 17.7 Å². The lowest BCUT2D eigenvalue weighted by atomic mass is 9.78. The number of hydrogen-bond acceptors (Lipinski definition) is 3. The number of ketones is 1. The molecule has 0 bridgehead atoms. The van der Waals surface area contributed by atoms with E-state index in [0.717, 1.165) is 29.1 Å². The molecule has 2 atom stereocenters. The van der Waals surface area contributed by atoms with Gasteiger partial charge in [-0.05, 0) is 54.7 Å². The Balaban J connectivity index is 1.61. The summed E-state index contributed by atoms with van der Waals surface area (Å²) in [6, 6.07) is 22.4. The van der Waals surface area contributed by atoms with Gasteiger partial charge in [0.25, 0.3) is 0 Å². The Hall–Kier alpha value is -3.40. The molecule has 30 heavy (non-hydrogen) atoms. The maximum atomic E-state index is 14.0. The summed E-state index contributed by atoms with van der Waals surface area (Å²) in [5.41, 5.74) is 6.60. The predicted octanol–water partition coefficient (Wildman–Crippen LogP) is 6.11. The van der Waals surface area contributed by atoms with E-state index in [0.29, 0.717) is 12.0 Å². The lowest BCUT2D eigenvalue weighted by Crippen LogP contribution is -2.26. The van der Waals surface area contributed by atoms with Crippen molar-refractivity contribution in [3.05, 3.63) is 107 Å². The van der Waals surface area contributed by atoms with Gasteiger partial charge in [-0.25, -0.2) is 4.39 Å². The average Bonchev–Trinajstić information content (AvgIpc) is 2.91. The predicted molar refractivity (Wildman–Crippen MR) is 118 cm³/mol. The number of Topliss-reactive ketones (excluding diaryl/α,β-unsaturated/α-hetero) is 1. The van der Waals surface area contributed by atoms with E-state index in [-0.39, 0.29) is 17.5 Å². The Morgan fingerprint density at radius 2 is 1.63 bits per heavy atom. The van der Waals surface area contributed by atoms with Crippen LogP contribution >= 0.6 is 0 Å². The fraction of sp³-hybridized carbons (Fsp3) is 0.192. The number of allylic oxidation sites excluding steroid dienone is 1. The van der Waals surface area contributed by atoms with Gasteiger partial charge >= 0.3 is 0 Å². The van der Waals surface area contributed by atoms with Crippen LogP contribution in [0.25, 0.3) is 0 Å². The first kappa shape index (κ1) is 18.6. The molecule has 3 aromatic rings. The molecule has 1 aliphatic heterocycles. The number of rotatable bonds is 2. The fourth-order valence-electron chi connectivity index (χ4n) is 4.50. The summed E-state index contributed by atoms with van der Waals surface area (Å²) in [6.07, 6.45) is 1.19. The number of para-hydroxylation sites is 2. The number of benzene rings is 3. The molecule has 2 aliphatic rings. The van der Waals surface area contributed by atoms with Crippen molar-refractivity contribution in [2.24, 2.45) is 0 Å². The van der Waals surface area contributed by atoms with E-state index in [4.69, 9.17) is 0 Å². The Bertz CT molecular complexity index is 1150. The third-order valence-corrected chi connectivity index (χ3v) is 6.04. The lowest BCUT2D eigenvalue weighted by molar-refractivity contribution is -0.116. The molecule has 1 heterocycles. The summed E-state index contributed by atoms with van der Waals surface area (Å²) in [5, 5.41) is 7.01. The molecule has 0 aromatic heterocycles. The van der Waals surface area contributed by atoms with Crippen LogP contribution in [0.15, 0.2) is 84.1 Å². The Kier molecular flexibility index (Phi) is 4.62. The first-order chi connectivity index (χ1) is 14.6. The molecule has 0 fully saturated rings. The zero-order valence-electron chi connectivity index (χ0n) is 16.8. The van der Waals surface area contributed by atoms with Crippen LogP contribution in [0.1, 0.15) is 41.5 Å². The van der Waals surface area contributed by atoms with E-state index in [1.54, 1.807) is 6.07 Å². The van der Waals surface area contributed by atoms with Crippen LogP contribution in [0.5, 0.6) is 0 Å². The first-order valence-electron chi connectivity index (χ1n) is 10.3. The second-order valence-corrected chi connectivity index (χ2v) is 8.13. The number of anilines is 2. The molecule has 0 spiro atoms. The molecule has 4 heteroatoms. The summed E-state index contributed by atoms with van der Waals surface area (Å²) in [4.78, 5) is 13.4. The molecule has 3 nitrogen and oxygen atoms in total. The van der Waals surface area contributed by atoms with Crippen LogP contribution in [0.4, 0.5) is 15.8 Å².